The number of ketones is 1. The maximum absolute atomic E-state index is 14.9. The van der Waals surface area contributed by atoms with E-state index in [1.165, 1.54) is 37.8 Å². The Morgan fingerprint density at radius 1 is 0.583 bits per heavy atom. The van der Waals surface area contributed by atoms with Crippen LogP contribution in [0.2, 0.25) is 0 Å². The first-order valence-corrected chi connectivity index (χ1v) is 32.6. The molecule has 84 heavy (non-hydrogen) atoms. The summed E-state index contributed by atoms with van der Waals surface area (Å²) in [7, 11) is 0. The molecule has 6 atom stereocenters. The number of anilines is 3. The summed E-state index contributed by atoms with van der Waals surface area (Å²) in [6.45, 7) is 46.6. The highest BCUT2D eigenvalue weighted by Gasteiger charge is 2.40. The monoisotopic (exact) mass is 1150 g/mol. The minimum Gasteiger partial charge on any atom is -0.506 e. The molecule has 0 radical (unpaired) electrons. The van der Waals surface area contributed by atoms with Crippen LogP contribution in [0.15, 0.2) is 108 Å². The van der Waals surface area contributed by atoms with Gasteiger partial charge in [-0.3, -0.25) is 14.4 Å². The highest BCUT2D eigenvalue weighted by Crippen LogP contribution is 2.45. The van der Waals surface area contributed by atoms with Crippen molar-refractivity contribution in [3.8, 4) is 0 Å². The number of aliphatic hydroxyl groups is 1. The van der Waals surface area contributed by atoms with E-state index in [1.54, 1.807) is 0 Å². The number of carbonyl (C=O) groups is 3. The Hall–Kier alpha value is -5.50. The number of rotatable bonds is 28. The number of aliphatic hydroxyl groups excluding tert-OH is 1. The van der Waals surface area contributed by atoms with E-state index >= 15 is 0 Å². The zero-order valence-electron chi connectivity index (χ0n) is 56.4. The summed E-state index contributed by atoms with van der Waals surface area (Å²) in [5.41, 5.74) is 9.45. The molecule has 0 saturated carbocycles. The second-order valence-electron chi connectivity index (χ2n) is 30.9. The molecule has 5 rings (SSSR count). The maximum Gasteiger partial charge on any atom is 0.221 e. The molecule has 3 aromatic carbocycles. The average Bonchev–Trinajstić information content (AvgIpc) is 1.73. The Morgan fingerprint density at radius 3 is 1.54 bits per heavy atom. The maximum atomic E-state index is 14.9. The van der Waals surface area contributed by atoms with E-state index in [2.05, 4.69) is 193 Å². The number of aryl methyl sites for hydroxylation is 2. The van der Waals surface area contributed by atoms with Gasteiger partial charge in [0.2, 0.25) is 29.0 Å². The van der Waals surface area contributed by atoms with Gasteiger partial charge < -0.3 is 20.6 Å². The Bertz CT molecular complexity index is 2850. The van der Waals surface area contributed by atoms with Crippen LogP contribution in [0.4, 0.5) is 22.7 Å². The molecular weight excluding hydrogens is 1030 g/mol. The summed E-state index contributed by atoms with van der Waals surface area (Å²) in [4.78, 5) is 43.7. The lowest BCUT2D eigenvalue weighted by Crippen LogP contribution is -2.32. The van der Waals surface area contributed by atoms with Crippen LogP contribution in [0.5, 0.6) is 0 Å². The van der Waals surface area contributed by atoms with E-state index < -0.39 is 0 Å². The number of carbonyl (C=O) groups excluding carboxylic acids is 3. The van der Waals surface area contributed by atoms with Crippen molar-refractivity contribution >= 4 is 51.6 Å². The predicted octanol–water partition coefficient (Wildman–Crippen LogP) is 20.1. The number of nitrogens with one attached hydrogen (secondary N) is 2. The first-order valence-electron chi connectivity index (χ1n) is 32.6. The van der Waals surface area contributed by atoms with Crippen molar-refractivity contribution in [2.45, 2.75) is 228 Å². The largest absolute Gasteiger partial charge is 0.506 e. The lowest BCUT2D eigenvalue weighted by molar-refractivity contribution is -0.450. The summed E-state index contributed by atoms with van der Waals surface area (Å²) in [6.07, 6.45) is 21.4. The van der Waals surface area contributed by atoms with Crippen molar-refractivity contribution in [1.82, 2.24) is 5.32 Å². The van der Waals surface area contributed by atoms with Crippen molar-refractivity contribution in [3.05, 3.63) is 124 Å². The fourth-order valence-electron chi connectivity index (χ4n) is 13.6. The van der Waals surface area contributed by atoms with Crippen LogP contribution < -0.4 is 15.5 Å². The Kier molecular flexibility index (Phi) is 24.9. The van der Waals surface area contributed by atoms with Gasteiger partial charge in [0.1, 0.15) is 5.76 Å². The third-order valence-electron chi connectivity index (χ3n) is 17.1. The van der Waals surface area contributed by atoms with Crippen LogP contribution in [-0.2, 0) is 27.2 Å². The van der Waals surface area contributed by atoms with Gasteiger partial charge in [-0.15, -0.1) is 0 Å². The molecule has 2 aliphatic carbocycles. The summed E-state index contributed by atoms with van der Waals surface area (Å²) in [5, 5.41) is 18.5. The molecule has 0 bridgehead atoms. The molecule has 8 heteroatoms. The van der Waals surface area contributed by atoms with Gasteiger partial charge in [0.15, 0.2) is 6.54 Å². The van der Waals surface area contributed by atoms with Gasteiger partial charge >= 0.3 is 0 Å². The number of nitrogens with zero attached hydrogens (tertiary/aromatic N) is 2. The number of hydrogen-bond donors (Lipinski definition) is 3. The van der Waals surface area contributed by atoms with Crippen molar-refractivity contribution in [2.24, 2.45) is 57.2 Å². The van der Waals surface area contributed by atoms with Crippen molar-refractivity contribution in [1.29, 1.82) is 0 Å². The first-order chi connectivity index (χ1) is 39.1. The summed E-state index contributed by atoms with van der Waals surface area (Å²) in [5.74, 6) is 1.70. The van der Waals surface area contributed by atoms with Gasteiger partial charge in [-0.1, -0.05) is 175 Å². The average molecular weight is 1150 g/mol. The number of hydrogen-bond acceptors (Lipinski definition) is 5. The zero-order chi connectivity index (χ0) is 62.5. The van der Waals surface area contributed by atoms with Gasteiger partial charge in [0, 0.05) is 73.1 Å². The Labute approximate surface area is 511 Å². The van der Waals surface area contributed by atoms with Crippen molar-refractivity contribution < 1.29 is 24.1 Å². The SMILES string of the molecule is CCCCc1ccc(N(CC(CCC(C)CC(C)(C)C)C(C)CC(C)(C)C)c2ccc(C3=C(O)/C(=C4\C=CC(=[N+](CC(CCC(C)CC(C)(C)C)C(C)CC(C)(C)C)c5ccc(CCCC)cc5)C=C4NC(C)=O)C3=O)c(NC(C)=O)c2)cc1. The zero-order valence-corrected chi connectivity index (χ0v) is 56.4. The van der Waals surface area contributed by atoms with E-state index in [9.17, 15) is 19.5 Å². The number of allylic oxidation sites excluding steroid dienone is 5. The molecule has 0 fully saturated rings. The quantitative estimate of drug-likeness (QED) is 0.0497. The number of benzene rings is 3. The standard InChI is InChI=1S/C76H114N4O4/c1-21-23-25-57-29-35-61(36-30-57)79(49-59(53(5)47-75(15,16)17)33-27-51(3)45-73(9,10)11)63-39-41-65(67(43-63)77-55(7)81)69-71(83)70(72(69)84)66-42-40-64(44-68(66)78-56(8)82)80(62-37-31-58(32-38-62)26-24-22-2)50-60(54(6)48-76(18,19)20)34-28-52(4)46-74(12,13)14/h29-32,35-44,51-54,59-60H,21-28,33-34,45-50H2,1-20H3,(H2,77,78,81,82,83,84)/p+1. The minimum atomic E-state index is -0.355. The van der Waals surface area contributed by atoms with E-state index in [-0.39, 0.29) is 56.2 Å². The third-order valence-corrected chi connectivity index (χ3v) is 17.1. The fourth-order valence-corrected chi connectivity index (χ4v) is 13.6. The highest BCUT2D eigenvalue weighted by atomic mass is 16.3. The van der Waals surface area contributed by atoms with E-state index in [0.29, 0.717) is 58.0 Å². The van der Waals surface area contributed by atoms with Crippen LogP contribution in [0.3, 0.4) is 0 Å². The van der Waals surface area contributed by atoms with E-state index in [4.69, 9.17) is 0 Å². The molecule has 0 heterocycles. The van der Waals surface area contributed by atoms with Crippen LogP contribution in [0.1, 0.15) is 232 Å². The molecule has 0 saturated heterocycles. The second kappa shape index (κ2) is 30.2. The second-order valence-corrected chi connectivity index (χ2v) is 30.9. The molecule has 3 N–H and O–H groups in total. The van der Waals surface area contributed by atoms with E-state index in [1.807, 2.05) is 36.4 Å². The van der Waals surface area contributed by atoms with Gasteiger partial charge in [-0.05, 0) is 163 Å². The normalized spacial score (nSPS) is 17.9. The first kappa shape index (κ1) is 69.3. The molecule has 3 aromatic rings. The number of Topliss-reactive ketones (excluding diaryl/α,β-unsaturated/α-hetero) is 1. The van der Waals surface area contributed by atoms with Gasteiger partial charge in [-0.2, -0.15) is 4.58 Å². The van der Waals surface area contributed by atoms with Gasteiger partial charge in [-0.25, -0.2) is 0 Å². The summed E-state index contributed by atoms with van der Waals surface area (Å²) >= 11 is 0. The van der Waals surface area contributed by atoms with Crippen LogP contribution in [-0.4, -0.2) is 46.1 Å². The van der Waals surface area contributed by atoms with Gasteiger partial charge in [0.05, 0.1) is 22.5 Å². The lowest BCUT2D eigenvalue weighted by Gasteiger charge is -2.36. The molecular formula is C76H115N4O4+. The van der Waals surface area contributed by atoms with E-state index in [0.717, 1.165) is 113 Å². The number of amides is 2. The molecule has 0 aromatic heterocycles. The molecule has 6 unspecified atom stereocenters. The Morgan fingerprint density at radius 2 is 1.06 bits per heavy atom. The van der Waals surface area contributed by atoms with Gasteiger partial charge in [0.25, 0.3) is 0 Å². The predicted molar refractivity (Wildman–Crippen MR) is 359 cm³/mol. The lowest BCUT2D eigenvalue weighted by atomic mass is 9.76. The van der Waals surface area contributed by atoms with Crippen LogP contribution in [0, 0.1) is 57.2 Å². The molecule has 462 valence electrons. The van der Waals surface area contributed by atoms with Crippen LogP contribution in [0.25, 0.3) is 5.57 Å². The van der Waals surface area contributed by atoms with Crippen molar-refractivity contribution in [3.63, 3.8) is 0 Å². The fraction of sp³-hybridized carbons (Fsp3) is 0.605. The molecule has 8 nitrogen and oxygen atoms in total. The van der Waals surface area contributed by atoms with Crippen molar-refractivity contribution in [2.75, 3.05) is 23.3 Å². The Balaban J connectivity index is 1.66. The molecule has 0 spiro atoms. The summed E-state index contributed by atoms with van der Waals surface area (Å²) in [6, 6.07) is 23.8. The molecule has 2 amide bonds. The highest BCUT2D eigenvalue weighted by molar-refractivity contribution is 6.40. The summed E-state index contributed by atoms with van der Waals surface area (Å²) < 4.78 is 2.40. The number of unbranched alkanes of at least 4 members (excludes halogenated alkanes) is 2. The molecule has 0 aliphatic heterocycles. The smallest absolute Gasteiger partial charge is 0.221 e. The molecule has 2 aliphatic rings. The topological polar surface area (TPSA) is 102 Å². The third kappa shape index (κ3) is 21.5. The van der Waals surface area contributed by atoms with Crippen LogP contribution >= 0.6 is 0 Å². The minimum absolute atomic E-state index is 0.135.